The van der Waals surface area contributed by atoms with Crippen LogP contribution in [0, 0.1) is 6.92 Å². The van der Waals surface area contributed by atoms with Crippen LogP contribution in [0.2, 0.25) is 10.0 Å². The van der Waals surface area contributed by atoms with Crippen molar-refractivity contribution >= 4 is 28.7 Å². The summed E-state index contributed by atoms with van der Waals surface area (Å²) in [5.41, 5.74) is 3.22. The highest BCUT2D eigenvalue weighted by atomic mass is 35.5. The van der Waals surface area contributed by atoms with Gasteiger partial charge in [0.05, 0.1) is 5.02 Å². The molecule has 0 aliphatic carbocycles. The molecular weight excluding hydrogens is 345 g/mol. The van der Waals surface area contributed by atoms with Gasteiger partial charge in [0.2, 0.25) is 0 Å². The van der Waals surface area contributed by atoms with E-state index in [0.29, 0.717) is 32.9 Å². The largest absolute Gasteiger partial charge is 0.292 e. The fourth-order valence-electron chi connectivity index (χ4n) is 2.91. The molecule has 1 unspecified atom stereocenters. The second-order valence-corrected chi connectivity index (χ2v) is 6.97. The molecule has 0 spiro atoms. The molecule has 0 saturated heterocycles. The van der Waals surface area contributed by atoms with Crippen LogP contribution in [0.1, 0.15) is 37.4 Å². The Balaban J connectivity index is 2.35. The second kappa shape index (κ2) is 6.26. The molecule has 6 heteroatoms. The highest BCUT2D eigenvalue weighted by Gasteiger charge is 2.20. The molecule has 0 N–H and O–H groups in total. The van der Waals surface area contributed by atoms with Gasteiger partial charge < -0.3 is 0 Å². The van der Waals surface area contributed by atoms with Crippen molar-refractivity contribution in [1.29, 1.82) is 0 Å². The maximum atomic E-state index is 13.0. The summed E-state index contributed by atoms with van der Waals surface area (Å²) < 4.78 is 3.28. The number of benzene rings is 1. The highest BCUT2D eigenvalue weighted by Crippen LogP contribution is 2.30. The third-order valence-corrected chi connectivity index (χ3v) is 5.07. The minimum atomic E-state index is -0.0746. The molecule has 24 heavy (non-hydrogen) atoms. The monoisotopic (exact) mass is 363 g/mol. The van der Waals surface area contributed by atoms with E-state index in [2.05, 4.69) is 18.9 Å². The van der Waals surface area contributed by atoms with Crippen molar-refractivity contribution in [1.82, 2.24) is 14.2 Å². The average Bonchev–Trinajstić information content (AvgIpc) is 2.87. The summed E-state index contributed by atoms with van der Waals surface area (Å²) >= 11 is 12.3. The van der Waals surface area contributed by atoms with Crippen molar-refractivity contribution < 1.29 is 0 Å². The Morgan fingerprint density at radius 2 is 1.96 bits per heavy atom. The van der Waals surface area contributed by atoms with Crippen LogP contribution in [0.15, 0.2) is 29.1 Å². The van der Waals surface area contributed by atoms with E-state index in [1.54, 1.807) is 34.3 Å². The molecule has 0 amide bonds. The Kier molecular flexibility index (Phi) is 4.45. The molecule has 126 valence electrons. The van der Waals surface area contributed by atoms with E-state index in [4.69, 9.17) is 23.2 Å². The van der Waals surface area contributed by atoms with E-state index in [1.807, 2.05) is 13.0 Å². The number of aryl methyl sites for hydroxylation is 1. The summed E-state index contributed by atoms with van der Waals surface area (Å²) in [5.74, 6) is 0.816. The maximum Gasteiger partial charge on any atom is 0.278 e. The zero-order chi connectivity index (χ0) is 17.6. The molecule has 4 nitrogen and oxygen atoms in total. The van der Waals surface area contributed by atoms with Gasteiger partial charge in [-0.2, -0.15) is 0 Å². The molecule has 0 aliphatic rings. The van der Waals surface area contributed by atoms with Crippen molar-refractivity contribution in [3.8, 4) is 11.4 Å². The SMILES string of the molecule is CCC(C)c1cc(C)n2nc(-c3ccc(Cl)cc3Cl)n(C)c(=O)c12. The van der Waals surface area contributed by atoms with Crippen molar-refractivity contribution in [2.45, 2.75) is 33.1 Å². The Hall–Kier alpha value is -1.78. The van der Waals surface area contributed by atoms with E-state index in [-0.39, 0.29) is 5.56 Å². The Morgan fingerprint density at radius 1 is 1.25 bits per heavy atom. The summed E-state index contributed by atoms with van der Waals surface area (Å²) in [6.07, 6.45) is 0.965. The fourth-order valence-corrected chi connectivity index (χ4v) is 3.41. The zero-order valence-electron chi connectivity index (χ0n) is 14.1. The van der Waals surface area contributed by atoms with Crippen LogP contribution in [-0.4, -0.2) is 14.2 Å². The number of halogens is 2. The van der Waals surface area contributed by atoms with Gasteiger partial charge >= 0.3 is 0 Å². The summed E-state index contributed by atoms with van der Waals surface area (Å²) in [6.45, 7) is 6.19. The minimum Gasteiger partial charge on any atom is -0.292 e. The molecular formula is C18H19Cl2N3O. The normalized spacial score (nSPS) is 12.8. The molecule has 1 atom stereocenters. The Bertz CT molecular complexity index is 988. The van der Waals surface area contributed by atoms with E-state index in [9.17, 15) is 4.79 Å². The molecule has 0 radical (unpaired) electrons. The van der Waals surface area contributed by atoms with E-state index < -0.39 is 0 Å². The van der Waals surface area contributed by atoms with E-state index in [0.717, 1.165) is 17.7 Å². The zero-order valence-corrected chi connectivity index (χ0v) is 15.6. The Morgan fingerprint density at radius 3 is 2.58 bits per heavy atom. The lowest BCUT2D eigenvalue weighted by atomic mass is 10.00. The number of fused-ring (bicyclic) bond motifs is 1. The summed E-state index contributed by atoms with van der Waals surface area (Å²) in [6, 6.07) is 7.23. The van der Waals surface area contributed by atoms with Crippen LogP contribution in [0.5, 0.6) is 0 Å². The smallest absolute Gasteiger partial charge is 0.278 e. The average molecular weight is 364 g/mol. The number of hydrogen-bond donors (Lipinski definition) is 0. The van der Waals surface area contributed by atoms with Crippen LogP contribution in [0.4, 0.5) is 0 Å². The summed E-state index contributed by atoms with van der Waals surface area (Å²) in [7, 11) is 1.72. The maximum absolute atomic E-state index is 13.0. The lowest BCUT2D eigenvalue weighted by molar-refractivity contribution is 0.728. The topological polar surface area (TPSA) is 39.3 Å². The van der Waals surface area contributed by atoms with Crippen molar-refractivity contribution in [2.24, 2.45) is 7.05 Å². The quantitative estimate of drug-likeness (QED) is 0.668. The van der Waals surface area contributed by atoms with Crippen LogP contribution < -0.4 is 5.56 Å². The van der Waals surface area contributed by atoms with Gasteiger partial charge in [-0.3, -0.25) is 9.36 Å². The van der Waals surface area contributed by atoms with Gasteiger partial charge in [-0.1, -0.05) is 37.0 Å². The van der Waals surface area contributed by atoms with Crippen LogP contribution in [-0.2, 0) is 7.05 Å². The number of hydrogen-bond acceptors (Lipinski definition) is 2. The standard InChI is InChI=1S/C18H19Cl2N3O/c1-5-10(2)14-8-11(3)23-16(14)18(24)22(4)17(21-23)13-7-6-12(19)9-15(13)20/h6-10H,5H2,1-4H3. The molecule has 0 aliphatic heterocycles. The number of nitrogens with zero attached hydrogens (tertiary/aromatic N) is 3. The minimum absolute atomic E-state index is 0.0746. The predicted octanol–water partition coefficient (Wildman–Crippen LogP) is 4.83. The van der Waals surface area contributed by atoms with Crippen molar-refractivity contribution in [2.75, 3.05) is 0 Å². The van der Waals surface area contributed by atoms with Crippen LogP contribution in [0.25, 0.3) is 16.9 Å². The number of rotatable bonds is 3. The molecule has 2 aromatic heterocycles. The molecule has 0 fully saturated rings. The molecule has 0 saturated carbocycles. The van der Waals surface area contributed by atoms with Crippen molar-refractivity contribution in [3.63, 3.8) is 0 Å². The van der Waals surface area contributed by atoms with Crippen LogP contribution >= 0.6 is 23.2 Å². The molecule has 3 aromatic rings. The lowest BCUT2D eigenvalue weighted by Crippen LogP contribution is -2.24. The van der Waals surface area contributed by atoms with Gasteiger partial charge in [0, 0.05) is 23.3 Å². The van der Waals surface area contributed by atoms with Gasteiger partial charge in [0.15, 0.2) is 5.82 Å². The highest BCUT2D eigenvalue weighted by molar-refractivity contribution is 6.36. The molecule has 2 heterocycles. The van der Waals surface area contributed by atoms with Gasteiger partial charge in [-0.15, -0.1) is 5.10 Å². The van der Waals surface area contributed by atoms with Gasteiger partial charge in [0.1, 0.15) is 5.52 Å². The second-order valence-electron chi connectivity index (χ2n) is 6.12. The first kappa shape index (κ1) is 17.1. The van der Waals surface area contributed by atoms with E-state index in [1.165, 1.54) is 0 Å². The third kappa shape index (κ3) is 2.64. The first-order valence-corrected chi connectivity index (χ1v) is 8.65. The first-order valence-electron chi connectivity index (χ1n) is 7.89. The third-order valence-electron chi connectivity index (χ3n) is 4.52. The van der Waals surface area contributed by atoms with Gasteiger partial charge in [-0.05, 0) is 49.1 Å². The van der Waals surface area contributed by atoms with E-state index >= 15 is 0 Å². The molecule has 3 rings (SSSR count). The van der Waals surface area contributed by atoms with Crippen molar-refractivity contribution in [3.05, 3.63) is 55.9 Å². The number of aromatic nitrogens is 3. The van der Waals surface area contributed by atoms with Gasteiger partial charge in [0.25, 0.3) is 5.56 Å². The lowest BCUT2D eigenvalue weighted by Gasteiger charge is -2.12. The van der Waals surface area contributed by atoms with Gasteiger partial charge in [-0.25, -0.2) is 4.52 Å². The first-order chi connectivity index (χ1) is 11.3. The Labute approximate surface area is 150 Å². The predicted molar refractivity (Wildman–Crippen MR) is 99.3 cm³/mol. The summed E-state index contributed by atoms with van der Waals surface area (Å²) in [5, 5.41) is 5.70. The fraction of sp³-hybridized carbons (Fsp3) is 0.333. The van der Waals surface area contributed by atoms with Crippen LogP contribution in [0.3, 0.4) is 0 Å². The molecule has 0 bridgehead atoms. The summed E-state index contributed by atoms with van der Waals surface area (Å²) in [4.78, 5) is 13.0. The molecule has 1 aromatic carbocycles.